The normalized spacial score (nSPS) is 27.9. The summed E-state index contributed by atoms with van der Waals surface area (Å²) in [5.41, 5.74) is 3.57. The van der Waals surface area contributed by atoms with E-state index in [1.165, 1.54) is 16.7 Å². The summed E-state index contributed by atoms with van der Waals surface area (Å²) >= 11 is 0. The first-order valence-electron chi connectivity index (χ1n) is 13.7. The molecule has 3 saturated heterocycles. The summed E-state index contributed by atoms with van der Waals surface area (Å²) in [6, 6.07) is 25.2. The Hall–Kier alpha value is -3.06. The Labute approximate surface area is 224 Å². The van der Waals surface area contributed by atoms with Crippen LogP contribution in [0.15, 0.2) is 72.8 Å². The number of hydrogen-bond donors (Lipinski definition) is 0. The summed E-state index contributed by atoms with van der Waals surface area (Å²) in [5, 5.41) is 0. The Balaban J connectivity index is 1.17. The van der Waals surface area contributed by atoms with Crippen molar-refractivity contribution in [2.75, 3.05) is 19.8 Å². The fourth-order valence-electron chi connectivity index (χ4n) is 4.84. The van der Waals surface area contributed by atoms with Crippen molar-refractivity contribution in [2.24, 2.45) is 0 Å². The molecule has 0 amide bonds. The standard InChI is InChI=1S/C32H36O6/c1-20-29(36-20)16-17-33-26-10-4-23(5-11-26)32(24-6-12-27(13-7-24)34-18-30-21(2)37-30)25-8-14-28(15-9-25)35-19-31-22(3)38-31/h4-15,20-22,29-32H,16-19H2,1-3H3. The second-order valence-electron chi connectivity index (χ2n) is 10.5. The molecule has 0 spiro atoms. The first kappa shape index (κ1) is 25.2. The highest BCUT2D eigenvalue weighted by molar-refractivity contribution is 5.46. The molecule has 6 unspecified atom stereocenters. The Morgan fingerprint density at radius 3 is 1.21 bits per heavy atom. The van der Waals surface area contributed by atoms with Gasteiger partial charge in [-0.05, 0) is 73.9 Å². The molecule has 3 aliphatic heterocycles. The number of rotatable bonds is 13. The fourth-order valence-corrected chi connectivity index (χ4v) is 4.84. The molecule has 6 heteroatoms. The molecule has 0 aliphatic carbocycles. The zero-order chi connectivity index (χ0) is 26.1. The van der Waals surface area contributed by atoms with Gasteiger partial charge in [0.25, 0.3) is 0 Å². The van der Waals surface area contributed by atoms with Gasteiger partial charge < -0.3 is 28.4 Å². The maximum atomic E-state index is 5.97. The highest BCUT2D eigenvalue weighted by atomic mass is 16.6. The predicted octanol–water partition coefficient (Wildman–Crippen LogP) is 5.76. The summed E-state index contributed by atoms with van der Waals surface area (Å²) in [6.07, 6.45) is 2.64. The Morgan fingerprint density at radius 2 is 0.868 bits per heavy atom. The lowest BCUT2D eigenvalue weighted by Gasteiger charge is -2.20. The van der Waals surface area contributed by atoms with Crippen LogP contribution in [0, 0.1) is 0 Å². The van der Waals surface area contributed by atoms with Crippen molar-refractivity contribution in [1.82, 2.24) is 0 Å². The van der Waals surface area contributed by atoms with E-state index < -0.39 is 0 Å². The number of epoxide rings is 3. The zero-order valence-electron chi connectivity index (χ0n) is 22.2. The molecule has 38 heavy (non-hydrogen) atoms. The van der Waals surface area contributed by atoms with Crippen molar-refractivity contribution in [3.05, 3.63) is 89.5 Å². The molecule has 3 aliphatic rings. The molecule has 0 bridgehead atoms. The van der Waals surface area contributed by atoms with Gasteiger partial charge in [0.05, 0.1) is 31.0 Å². The molecule has 3 heterocycles. The molecule has 0 N–H and O–H groups in total. The van der Waals surface area contributed by atoms with E-state index in [4.69, 9.17) is 28.4 Å². The third kappa shape index (κ3) is 6.32. The van der Waals surface area contributed by atoms with E-state index in [0.717, 1.165) is 23.7 Å². The van der Waals surface area contributed by atoms with E-state index in [1.54, 1.807) is 0 Å². The first-order valence-corrected chi connectivity index (χ1v) is 13.7. The van der Waals surface area contributed by atoms with Gasteiger partial charge in [0.1, 0.15) is 42.7 Å². The van der Waals surface area contributed by atoms with E-state index in [9.17, 15) is 0 Å². The molecule has 0 aromatic heterocycles. The molecule has 6 rings (SSSR count). The third-order valence-corrected chi connectivity index (χ3v) is 7.65. The smallest absolute Gasteiger partial charge is 0.119 e. The van der Waals surface area contributed by atoms with Crippen LogP contribution in [0.4, 0.5) is 0 Å². The van der Waals surface area contributed by atoms with E-state index in [2.05, 4.69) is 69.3 Å². The van der Waals surface area contributed by atoms with E-state index in [-0.39, 0.29) is 18.1 Å². The predicted molar refractivity (Wildman–Crippen MR) is 144 cm³/mol. The maximum absolute atomic E-state index is 5.97. The molecular formula is C32H36O6. The minimum absolute atomic E-state index is 0.0615. The topological polar surface area (TPSA) is 65.3 Å². The van der Waals surface area contributed by atoms with Crippen molar-refractivity contribution in [1.29, 1.82) is 0 Å². The fraction of sp³-hybridized carbons (Fsp3) is 0.438. The van der Waals surface area contributed by atoms with Crippen LogP contribution in [-0.4, -0.2) is 56.4 Å². The third-order valence-electron chi connectivity index (χ3n) is 7.65. The number of benzene rings is 3. The SMILES string of the molecule is CC1OC1CCOc1ccc(C(c2ccc(OCC3OC3C)cc2)c2ccc(OCC3OC3C)cc2)cc1. The molecule has 6 nitrogen and oxygen atoms in total. The van der Waals surface area contributed by atoms with Crippen LogP contribution in [0.3, 0.4) is 0 Å². The minimum Gasteiger partial charge on any atom is -0.493 e. The lowest BCUT2D eigenvalue weighted by Crippen LogP contribution is -2.08. The summed E-state index contributed by atoms with van der Waals surface area (Å²) in [6.45, 7) is 8.07. The zero-order valence-corrected chi connectivity index (χ0v) is 22.2. The summed E-state index contributed by atoms with van der Waals surface area (Å²) in [4.78, 5) is 0. The van der Waals surface area contributed by atoms with Crippen molar-refractivity contribution >= 4 is 0 Å². The molecule has 3 fully saturated rings. The van der Waals surface area contributed by atoms with Crippen molar-refractivity contribution in [2.45, 2.75) is 69.7 Å². The average molecular weight is 517 g/mol. The largest absolute Gasteiger partial charge is 0.493 e. The highest BCUT2D eigenvalue weighted by Gasteiger charge is 2.35. The van der Waals surface area contributed by atoms with Gasteiger partial charge in [-0.3, -0.25) is 0 Å². The van der Waals surface area contributed by atoms with Crippen molar-refractivity contribution in [3.8, 4) is 17.2 Å². The van der Waals surface area contributed by atoms with Gasteiger partial charge in [-0.1, -0.05) is 36.4 Å². The van der Waals surface area contributed by atoms with Gasteiger partial charge in [0.15, 0.2) is 0 Å². The monoisotopic (exact) mass is 516 g/mol. The average Bonchev–Trinajstić information content (AvgIpc) is 3.89. The lowest BCUT2D eigenvalue weighted by atomic mass is 9.85. The van der Waals surface area contributed by atoms with E-state index >= 15 is 0 Å². The van der Waals surface area contributed by atoms with Crippen molar-refractivity contribution in [3.63, 3.8) is 0 Å². The summed E-state index contributed by atoms with van der Waals surface area (Å²) < 4.78 is 34.2. The van der Waals surface area contributed by atoms with Crippen LogP contribution in [0.1, 0.15) is 49.8 Å². The minimum atomic E-state index is 0.0615. The van der Waals surface area contributed by atoms with Gasteiger partial charge in [-0.25, -0.2) is 0 Å². The quantitative estimate of drug-likeness (QED) is 0.213. The van der Waals surface area contributed by atoms with Gasteiger partial charge >= 0.3 is 0 Å². The molecular weight excluding hydrogens is 480 g/mol. The van der Waals surface area contributed by atoms with Gasteiger partial charge in [0.2, 0.25) is 0 Å². The van der Waals surface area contributed by atoms with Crippen LogP contribution in [-0.2, 0) is 14.2 Å². The molecule has 3 aromatic rings. The van der Waals surface area contributed by atoms with Gasteiger partial charge in [-0.15, -0.1) is 0 Å². The summed E-state index contributed by atoms with van der Waals surface area (Å²) in [5.74, 6) is 2.65. The van der Waals surface area contributed by atoms with Crippen LogP contribution < -0.4 is 14.2 Å². The molecule has 0 saturated carbocycles. The highest BCUT2D eigenvalue weighted by Crippen LogP contribution is 2.35. The second-order valence-corrected chi connectivity index (χ2v) is 10.5. The summed E-state index contributed by atoms with van der Waals surface area (Å²) in [7, 11) is 0. The van der Waals surface area contributed by atoms with E-state index in [0.29, 0.717) is 44.2 Å². The molecule has 3 aromatic carbocycles. The lowest BCUT2D eigenvalue weighted by molar-refractivity contribution is 0.260. The van der Waals surface area contributed by atoms with Crippen LogP contribution >= 0.6 is 0 Å². The van der Waals surface area contributed by atoms with Crippen molar-refractivity contribution < 1.29 is 28.4 Å². The second kappa shape index (κ2) is 11.0. The molecule has 0 radical (unpaired) electrons. The van der Waals surface area contributed by atoms with Gasteiger partial charge in [-0.2, -0.15) is 0 Å². The number of ether oxygens (including phenoxy) is 6. The molecule has 200 valence electrons. The molecule has 6 atom stereocenters. The van der Waals surface area contributed by atoms with Crippen LogP contribution in [0.2, 0.25) is 0 Å². The van der Waals surface area contributed by atoms with Crippen LogP contribution in [0.5, 0.6) is 17.2 Å². The van der Waals surface area contributed by atoms with Crippen LogP contribution in [0.25, 0.3) is 0 Å². The Morgan fingerprint density at radius 1 is 0.526 bits per heavy atom. The maximum Gasteiger partial charge on any atom is 0.119 e. The van der Waals surface area contributed by atoms with E-state index in [1.807, 2.05) is 24.3 Å². The Kier molecular flexibility index (Phi) is 7.28. The first-order chi connectivity index (χ1) is 18.5. The number of hydrogen-bond acceptors (Lipinski definition) is 6. The van der Waals surface area contributed by atoms with Gasteiger partial charge in [0, 0.05) is 12.3 Å². The Bertz CT molecular complexity index is 1130.